The van der Waals surface area contributed by atoms with Crippen molar-refractivity contribution in [3.8, 4) is 0 Å². The number of aromatic nitrogens is 1. The van der Waals surface area contributed by atoms with Gasteiger partial charge in [-0.15, -0.1) is 0 Å². The van der Waals surface area contributed by atoms with Crippen LogP contribution in [0.3, 0.4) is 0 Å². The Balaban J connectivity index is 2.47. The Kier molecular flexibility index (Phi) is 5.10. The van der Waals surface area contributed by atoms with E-state index in [-0.39, 0.29) is 17.4 Å². The molecule has 0 fully saturated rings. The summed E-state index contributed by atoms with van der Waals surface area (Å²) in [7, 11) is 0. The number of alkyl halides is 3. The van der Waals surface area contributed by atoms with Crippen LogP contribution in [0.5, 0.6) is 0 Å². The number of anilines is 1. The molecule has 2 rings (SSSR count). The highest BCUT2D eigenvalue weighted by Crippen LogP contribution is 2.36. The first-order chi connectivity index (χ1) is 10.8. The predicted octanol–water partition coefficient (Wildman–Crippen LogP) is 2.16. The van der Waals surface area contributed by atoms with Gasteiger partial charge in [0.15, 0.2) is 5.82 Å². The van der Waals surface area contributed by atoms with Gasteiger partial charge < -0.3 is 9.84 Å². The molecule has 2 heterocycles. The van der Waals surface area contributed by atoms with Crippen LogP contribution in [0.25, 0.3) is 0 Å². The smallest absolute Gasteiger partial charge is 0.362 e. The van der Waals surface area contributed by atoms with Gasteiger partial charge in [-0.2, -0.15) is 5.10 Å². The highest BCUT2D eigenvalue weighted by Gasteiger charge is 2.53. The Morgan fingerprint density at radius 3 is 2.83 bits per heavy atom. The van der Waals surface area contributed by atoms with Crippen LogP contribution in [0.2, 0.25) is 5.02 Å². The van der Waals surface area contributed by atoms with Crippen LogP contribution < -0.4 is 5.01 Å². The molecule has 0 spiro atoms. The maximum atomic E-state index is 13.6. The van der Waals surface area contributed by atoms with Crippen molar-refractivity contribution in [1.82, 2.24) is 4.98 Å². The number of esters is 1. The van der Waals surface area contributed by atoms with Crippen molar-refractivity contribution in [2.24, 2.45) is 5.10 Å². The largest absolute Gasteiger partial charge is 0.462 e. The Bertz CT molecular complexity index is 631. The minimum atomic E-state index is -3.35. The third-order valence-electron chi connectivity index (χ3n) is 3.09. The van der Waals surface area contributed by atoms with Gasteiger partial charge in [0.05, 0.1) is 23.8 Å². The Labute approximate surface area is 134 Å². The fourth-order valence-corrected chi connectivity index (χ4v) is 2.23. The number of hydrogen-bond acceptors (Lipinski definition) is 6. The van der Waals surface area contributed by atoms with E-state index >= 15 is 0 Å². The zero-order chi connectivity index (χ0) is 17.2. The first-order valence-corrected chi connectivity index (χ1v) is 6.99. The lowest BCUT2D eigenvalue weighted by atomic mass is 10.0. The summed E-state index contributed by atoms with van der Waals surface area (Å²) in [6, 6.07) is 2.87. The molecule has 6 nitrogen and oxygen atoms in total. The summed E-state index contributed by atoms with van der Waals surface area (Å²) in [5.74, 6) is -1.34. The molecule has 1 N–H and O–H groups in total. The number of ether oxygens (including phenoxy) is 1. The van der Waals surface area contributed by atoms with E-state index in [1.54, 1.807) is 0 Å². The minimum absolute atomic E-state index is 0.00678. The molecular formula is C13H13ClF3N3O3. The van der Waals surface area contributed by atoms with Gasteiger partial charge in [0, 0.05) is 6.20 Å². The summed E-state index contributed by atoms with van der Waals surface area (Å²) in [4.78, 5) is 15.9. The Hall–Kier alpha value is -1.87. The lowest BCUT2D eigenvalue weighted by Gasteiger charge is -2.29. The van der Waals surface area contributed by atoms with Crippen molar-refractivity contribution in [2.45, 2.75) is 31.7 Å². The second-order valence-corrected chi connectivity index (χ2v) is 5.07. The van der Waals surface area contributed by atoms with Crippen molar-refractivity contribution >= 4 is 29.1 Å². The molecule has 1 aromatic rings. The second-order valence-electron chi connectivity index (χ2n) is 4.66. The molecule has 0 aliphatic carbocycles. The fourth-order valence-electron chi connectivity index (χ4n) is 2.03. The lowest BCUT2D eigenvalue weighted by Crippen LogP contribution is -2.51. The molecule has 0 aromatic carbocycles. The zero-order valence-electron chi connectivity index (χ0n) is 11.9. The van der Waals surface area contributed by atoms with Crippen LogP contribution in [0.1, 0.15) is 13.3 Å². The van der Waals surface area contributed by atoms with Gasteiger partial charge in [-0.25, -0.2) is 28.0 Å². The summed E-state index contributed by atoms with van der Waals surface area (Å²) in [6.07, 6.45) is -5.58. The summed E-state index contributed by atoms with van der Waals surface area (Å²) in [6.45, 7) is 1.42. The molecule has 0 bridgehead atoms. The number of carbonyl (C=O) groups is 1. The molecule has 0 saturated carbocycles. The number of nitrogens with zero attached hydrogens (tertiary/aromatic N) is 3. The highest BCUT2D eigenvalue weighted by atomic mass is 35.5. The fraction of sp³-hybridized carbons (Fsp3) is 0.462. The van der Waals surface area contributed by atoms with Crippen LogP contribution >= 0.6 is 11.6 Å². The topological polar surface area (TPSA) is 75.0 Å². The van der Waals surface area contributed by atoms with Gasteiger partial charge in [-0.3, -0.25) is 0 Å². The normalized spacial score (nSPS) is 22.2. The third kappa shape index (κ3) is 3.25. The third-order valence-corrected chi connectivity index (χ3v) is 3.38. The van der Waals surface area contributed by atoms with Crippen LogP contribution in [0, 0.1) is 0 Å². The van der Waals surface area contributed by atoms with E-state index in [0.29, 0.717) is 5.01 Å². The van der Waals surface area contributed by atoms with Crippen LogP contribution in [0.15, 0.2) is 23.4 Å². The molecule has 126 valence electrons. The lowest BCUT2D eigenvalue weighted by molar-refractivity contribution is -0.163. The number of carbonyl (C=O) groups excluding carboxylic acids is 1. The number of rotatable bonds is 5. The first-order valence-electron chi connectivity index (χ1n) is 6.61. The second kappa shape index (κ2) is 6.71. The van der Waals surface area contributed by atoms with Crippen molar-refractivity contribution in [2.75, 3.05) is 11.6 Å². The van der Waals surface area contributed by atoms with Gasteiger partial charge in [0.2, 0.25) is 6.17 Å². The Morgan fingerprint density at radius 2 is 2.26 bits per heavy atom. The molecule has 2 unspecified atom stereocenters. The molecule has 0 amide bonds. The Morgan fingerprint density at radius 1 is 1.57 bits per heavy atom. The van der Waals surface area contributed by atoms with E-state index in [9.17, 15) is 23.1 Å². The van der Waals surface area contributed by atoms with Crippen LogP contribution in [0.4, 0.5) is 19.0 Å². The van der Waals surface area contributed by atoms with Crippen LogP contribution in [-0.4, -0.2) is 46.7 Å². The number of pyridine rings is 1. The predicted molar refractivity (Wildman–Crippen MR) is 76.3 cm³/mol. The van der Waals surface area contributed by atoms with Crippen molar-refractivity contribution < 1.29 is 27.8 Å². The molecule has 0 saturated heterocycles. The number of hydrogen-bond donors (Lipinski definition) is 1. The monoisotopic (exact) mass is 351 g/mol. The standard InChI is InChI=1S/C13H13ClF3N3O3/c1-2-23-12(21)13(22)6-8(9(15)10(16)17)19-20(13)11-7(14)4-3-5-18-11/h3-5,9-10,22H,2,6H2,1H3. The molecule has 10 heteroatoms. The number of aliphatic hydroxyl groups is 1. The van der Waals surface area contributed by atoms with Crippen molar-refractivity contribution in [1.29, 1.82) is 0 Å². The van der Waals surface area contributed by atoms with E-state index in [1.165, 1.54) is 25.3 Å². The minimum Gasteiger partial charge on any atom is -0.462 e. The quantitative estimate of drug-likeness (QED) is 0.823. The molecule has 23 heavy (non-hydrogen) atoms. The molecule has 0 radical (unpaired) electrons. The summed E-state index contributed by atoms with van der Waals surface area (Å²) in [5.41, 5.74) is -3.19. The molecular weight excluding hydrogens is 339 g/mol. The van der Waals surface area contributed by atoms with E-state index in [2.05, 4.69) is 10.1 Å². The molecule has 1 aromatic heterocycles. The van der Waals surface area contributed by atoms with E-state index < -0.39 is 36.4 Å². The van der Waals surface area contributed by atoms with E-state index in [4.69, 9.17) is 16.3 Å². The molecule has 2 atom stereocenters. The first kappa shape index (κ1) is 17.5. The van der Waals surface area contributed by atoms with Gasteiger partial charge in [0.25, 0.3) is 12.2 Å². The summed E-state index contributed by atoms with van der Waals surface area (Å²) in [5, 5.41) is 14.8. The van der Waals surface area contributed by atoms with Gasteiger partial charge in [-0.05, 0) is 19.1 Å². The molecule has 1 aliphatic heterocycles. The average Bonchev–Trinajstić information content (AvgIpc) is 2.86. The van der Waals surface area contributed by atoms with Crippen molar-refractivity contribution in [3.63, 3.8) is 0 Å². The maximum absolute atomic E-state index is 13.6. The van der Waals surface area contributed by atoms with E-state index in [0.717, 1.165) is 0 Å². The SMILES string of the molecule is CCOC(=O)C1(O)CC(C(F)C(F)F)=NN1c1ncccc1Cl. The number of halogens is 4. The van der Waals surface area contributed by atoms with Crippen molar-refractivity contribution in [3.05, 3.63) is 23.4 Å². The zero-order valence-corrected chi connectivity index (χ0v) is 12.7. The van der Waals surface area contributed by atoms with Gasteiger partial charge >= 0.3 is 5.97 Å². The van der Waals surface area contributed by atoms with E-state index in [1.807, 2.05) is 0 Å². The van der Waals surface area contributed by atoms with Gasteiger partial charge in [-0.1, -0.05) is 11.6 Å². The van der Waals surface area contributed by atoms with Crippen LogP contribution in [-0.2, 0) is 9.53 Å². The van der Waals surface area contributed by atoms with Gasteiger partial charge in [0.1, 0.15) is 0 Å². The summed E-state index contributed by atoms with van der Waals surface area (Å²) < 4.78 is 43.5. The number of hydrazone groups is 1. The maximum Gasteiger partial charge on any atom is 0.362 e. The highest BCUT2D eigenvalue weighted by molar-refractivity contribution is 6.33. The summed E-state index contributed by atoms with van der Waals surface area (Å²) >= 11 is 5.92. The molecule has 1 aliphatic rings. The average molecular weight is 352 g/mol.